The van der Waals surface area contributed by atoms with E-state index in [-0.39, 0.29) is 23.7 Å². The minimum atomic E-state index is -0.268. The molecule has 0 unspecified atom stereocenters. The first kappa shape index (κ1) is 31.8. The van der Waals surface area contributed by atoms with Crippen molar-refractivity contribution in [1.82, 2.24) is 9.97 Å². The molecule has 1 aliphatic heterocycles. The molecule has 0 aliphatic carbocycles. The van der Waals surface area contributed by atoms with Crippen molar-refractivity contribution in [3.63, 3.8) is 0 Å². The Morgan fingerprint density at radius 2 is 1.02 bits per heavy atom. The summed E-state index contributed by atoms with van der Waals surface area (Å²) in [6, 6.07) is 37.1. The van der Waals surface area contributed by atoms with Gasteiger partial charge in [0, 0.05) is 40.0 Å². The standard InChI is InChI=1S/C46H38N4O2/c1-27(2)31-13-9-14-32(28(3)4)44(31)50-45(51)38-19-17-35-33-15-10-16-37-40(49(25-29-11-5-7-23-47-29)26-30-12-6-8-24-48-30)22-21-34(41(33)37)36-18-20-39(46(50)52)43(38)42(35)36/h5-24,27-28H,25-26H2,1-4H3. The number of amides is 2. The summed E-state index contributed by atoms with van der Waals surface area (Å²) in [6.45, 7) is 9.69. The minimum absolute atomic E-state index is 0.136. The molecule has 6 heteroatoms. The Bertz CT molecular complexity index is 2550. The second-order valence-electron chi connectivity index (χ2n) is 14.5. The van der Waals surface area contributed by atoms with Crippen LogP contribution in [0.1, 0.15) is 82.8 Å². The van der Waals surface area contributed by atoms with Crippen LogP contribution in [-0.2, 0) is 13.1 Å². The number of hydrogen-bond acceptors (Lipinski definition) is 5. The van der Waals surface area contributed by atoms with E-state index in [1.165, 1.54) is 4.90 Å². The lowest BCUT2D eigenvalue weighted by Gasteiger charge is -2.33. The molecule has 0 radical (unpaired) electrons. The monoisotopic (exact) mass is 678 g/mol. The Balaban J connectivity index is 1.25. The van der Waals surface area contributed by atoms with E-state index in [0.29, 0.717) is 24.2 Å². The maximum absolute atomic E-state index is 14.6. The lowest BCUT2D eigenvalue weighted by Crippen LogP contribution is -2.41. The third kappa shape index (κ3) is 4.85. The van der Waals surface area contributed by atoms with Gasteiger partial charge in [0.15, 0.2) is 0 Å². The van der Waals surface area contributed by atoms with Gasteiger partial charge in [-0.25, -0.2) is 4.90 Å². The Kier molecular flexibility index (Phi) is 7.51. The average Bonchev–Trinajstić information content (AvgIpc) is 3.16. The van der Waals surface area contributed by atoms with Crippen LogP contribution in [0, 0.1) is 0 Å². The van der Waals surface area contributed by atoms with Gasteiger partial charge in [-0.1, -0.05) is 94.4 Å². The van der Waals surface area contributed by atoms with Crippen LogP contribution in [0.3, 0.4) is 0 Å². The fourth-order valence-corrected chi connectivity index (χ4v) is 8.32. The normalized spacial score (nSPS) is 13.2. The third-order valence-electron chi connectivity index (χ3n) is 10.7. The second kappa shape index (κ2) is 12.3. The van der Waals surface area contributed by atoms with E-state index in [1.54, 1.807) is 0 Å². The van der Waals surface area contributed by atoms with Crippen LogP contribution in [0.5, 0.6) is 0 Å². The molecule has 0 bridgehead atoms. The van der Waals surface area contributed by atoms with E-state index in [1.807, 2.05) is 67.0 Å². The SMILES string of the molecule is CC(C)c1cccc(C(C)C)c1N1C(=O)c2ccc3c4cccc5c(N(Cc6ccccn6)Cc6ccccn6)ccc(c6ccc(c2c36)C1=O)c54. The zero-order valence-electron chi connectivity index (χ0n) is 29.7. The number of hydrogen-bond donors (Lipinski definition) is 0. The van der Waals surface area contributed by atoms with E-state index in [2.05, 4.69) is 97.2 Å². The molecule has 1 aliphatic rings. The number of carbonyl (C=O) groups is 2. The number of fused-ring (bicyclic) bond motifs is 2. The zero-order valence-corrected chi connectivity index (χ0v) is 29.7. The van der Waals surface area contributed by atoms with Crippen molar-refractivity contribution in [3.8, 4) is 0 Å². The van der Waals surface area contributed by atoms with E-state index in [9.17, 15) is 9.59 Å². The molecule has 3 heterocycles. The molecule has 8 aromatic rings. The first-order chi connectivity index (χ1) is 25.3. The molecule has 0 atom stereocenters. The van der Waals surface area contributed by atoms with Crippen molar-refractivity contribution in [3.05, 3.63) is 155 Å². The predicted molar refractivity (Wildman–Crippen MR) is 212 cm³/mol. The molecule has 2 amide bonds. The molecule has 0 spiro atoms. The number of anilines is 2. The number of aromatic nitrogens is 2. The van der Waals surface area contributed by atoms with Crippen LogP contribution in [0.25, 0.3) is 43.1 Å². The summed E-state index contributed by atoms with van der Waals surface area (Å²) < 4.78 is 0. The minimum Gasteiger partial charge on any atom is -0.359 e. The van der Waals surface area contributed by atoms with Gasteiger partial charge in [-0.3, -0.25) is 19.6 Å². The average molecular weight is 679 g/mol. The molecular formula is C46H38N4O2. The molecular weight excluding hydrogens is 641 g/mol. The molecule has 2 aromatic heterocycles. The number of nitrogens with zero attached hydrogens (tertiary/aromatic N) is 4. The molecule has 0 saturated heterocycles. The summed E-state index contributed by atoms with van der Waals surface area (Å²) in [5, 5.41) is 8.25. The van der Waals surface area contributed by atoms with Gasteiger partial charge in [0.2, 0.25) is 0 Å². The van der Waals surface area contributed by atoms with Crippen molar-refractivity contribution in [2.75, 3.05) is 9.80 Å². The highest BCUT2D eigenvalue weighted by molar-refractivity contribution is 6.42. The molecule has 0 fully saturated rings. The Labute approximate surface area is 302 Å². The molecule has 0 saturated carbocycles. The largest absolute Gasteiger partial charge is 0.359 e. The first-order valence-corrected chi connectivity index (χ1v) is 18.0. The zero-order chi connectivity index (χ0) is 35.7. The van der Waals surface area contributed by atoms with Gasteiger partial charge in [-0.05, 0) is 97.7 Å². The molecule has 6 nitrogen and oxygen atoms in total. The van der Waals surface area contributed by atoms with Gasteiger partial charge < -0.3 is 4.90 Å². The first-order valence-electron chi connectivity index (χ1n) is 18.0. The van der Waals surface area contributed by atoms with Crippen molar-refractivity contribution in [2.45, 2.75) is 52.6 Å². The number of benzene rings is 6. The smallest absolute Gasteiger partial charge is 0.266 e. The predicted octanol–water partition coefficient (Wildman–Crippen LogP) is 10.8. The maximum Gasteiger partial charge on any atom is 0.266 e. The highest BCUT2D eigenvalue weighted by Gasteiger charge is 2.38. The number of carbonyl (C=O) groups excluding carboxylic acids is 2. The molecule has 52 heavy (non-hydrogen) atoms. The van der Waals surface area contributed by atoms with Gasteiger partial charge in [0.05, 0.1) is 30.2 Å². The molecule has 9 rings (SSSR count). The maximum atomic E-state index is 14.6. The Morgan fingerprint density at radius 3 is 1.56 bits per heavy atom. The van der Waals surface area contributed by atoms with Gasteiger partial charge >= 0.3 is 0 Å². The summed E-state index contributed by atoms with van der Waals surface area (Å²) >= 11 is 0. The van der Waals surface area contributed by atoms with Crippen LogP contribution >= 0.6 is 0 Å². The topological polar surface area (TPSA) is 66.4 Å². The molecule has 6 aromatic carbocycles. The van der Waals surface area contributed by atoms with Gasteiger partial charge in [0.1, 0.15) is 0 Å². The summed E-state index contributed by atoms with van der Waals surface area (Å²) in [5.74, 6) is -0.265. The van der Waals surface area contributed by atoms with E-state index < -0.39 is 0 Å². The lowest BCUT2D eigenvalue weighted by molar-refractivity contribution is 0.0893. The molecule has 0 N–H and O–H groups in total. The number of imide groups is 1. The van der Waals surface area contributed by atoms with Crippen molar-refractivity contribution in [1.29, 1.82) is 0 Å². The Hall–Kier alpha value is -6.14. The van der Waals surface area contributed by atoms with Gasteiger partial charge in [-0.2, -0.15) is 0 Å². The summed E-state index contributed by atoms with van der Waals surface area (Å²) in [6.07, 6.45) is 3.67. The molecule has 254 valence electrons. The number of pyridine rings is 2. The Morgan fingerprint density at radius 1 is 0.519 bits per heavy atom. The lowest BCUT2D eigenvalue weighted by atomic mass is 9.83. The quantitative estimate of drug-likeness (QED) is 0.0909. The van der Waals surface area contributed by atoms with Crippen LogP contribution in [0.2, 0.25) is 0 Å². The van der Waals surface area contributed by atoms with Crippen LogP contribution in [-0.4, -0.2) is 21.8 Å². The number of rotatable bonds is 8. The third-order valence-corrected chi connectivity index (χ3v) is 10.7. The highest BCUT2D eigenvalue weighted by Crippen LogP contribution is 2.47. The second-order valence-corrected chi connectivity index (χ2v) is 14.5. The van der Waals surface area contributed by atoms with E-state index >= 15 is 0 Å². The highest BCUT2D eigenvalue weighted by atomic mass is 16.2. The summed E-state index contributed by atoms with van der Waals surface area (Å²) in [4.78, 5) is 42.4. The summed E-state index contributed by atoms with van der Waals surface area (Å²) in [7, 11) is 0. The van der Waals surface area contributed by atoms with Crippen molar-refractivity contribution >= 4 is 66.3 Å². The van der Waals surface area contributed by atoms with Crippen LogP contribution < -0.4 is 9.80 Å². The van der Waals surface area contributed by atoms with E-state index in [4.69, 9.17) is 0 Å². The van der Waals surface area contributed by atoms with Crippen molar-refractivity contribution < 1.29 is 9.59 Å². The van der Waals surface area contributed by atoms with Crippen molar-refractivity contribution in [2.24, 2.45) is 0 Å². The van der Waals surface area contributed by atoms with Gasteiger partial charge in [0.25, 0.3) is 11.8 Å². The van der Waals surface area contributed by atoms with Gasteiger partial charge in [-0.15, -0.1) is 0 Å². The van der Waals surface area contributed by atoms with Crippen LogP contribution in [0.15, 0.2) is 122 Å². The fraction of sp³-hybridized carbons (Fsp3) is 0.174. The van der Waals surface area contributed by atoms with E-state index in [0.717, 1.165) is 77.0 Å². The number of para-hydroxylation sites is 1. The van der Waals surface area contributed by atoms with Crippen LogP contribution in [0.4, 0.5) is 11.4 Å². The fourth-order valence-electron chi connectivity index (χ4n) is 8.32. The summed E-state index contributed by atoms with van der Waals surface area (Å²) in [5.41, 5.74) is 6.89.